The van der Waals surface area contributed by atoms with Gasteiger partial charge in [-0.05, 0) is 36.6 Å². The van der Waals surface area contributed by atoms with Crippen LogP contribution in [0.4, 0.5) is 4.39 Å². The van der Waals surface area contributed by atoms with Crippen LogP contribution in [0.3, 0.4) is 0 Å². The SMILES string of the molecule is CCCC[C@@H](O)[C@@H](N)c1cc(F)ccc1C.Cl. The summed E-state index contributed by atoms with van der Waals surface area (Å²) in [5.41, 5.74) is 7.55. The lowest BCUT2D eigenvalue weighted by Gasteiger charge is -2.20. The van der Waals surface area contributed by atoms with E-state index in [2.05, 4.69) is 6.92 Å². The summed E-state index contributed by atoms with van der Waals surface area (Å²) in [6, 6.07) is 4.01. The van der Waals surface area contributed by atoms with Gasteiger partial charge in [0.15, 0.2) is 0 Å². The third-order valence-electron chi connectivity index (χ3n) is 2.87. The van der Waals surface area contributed by atoms with Crippen LogP contribution in [0.5, 0.6) is 0 Å². The molecule has 1 aromatic rings. The van der Waals surface area contributed by atoms with Gasteiger partial charge in [0, 0.05) is 0 Å². The lowest BCUT2D eigenvalue weighted by molar-refractivity contribution is 0.132. The third-order valence-corrected chi connectivity index (χ3v) is 2.87. The Kier molecular flexibility index (Phi) is 7.35. The zero-order chi connectivity index (χ0) is 12.1. The molecule has 1 rings (SSSR count). The fourth-order valence-corrected chi connectivity index (χ4v) is 1.77. The van der Waals surface area contributed by atoms with Crippen molar-refractivity contribution >= 4 is 12.4 Å². The van der Waals surface area contributed by atoms with Gasteiger partial charge < -0.3 is 10.8 Å². The van der Waals surface area contributed by atoms with Gasteiger partial charge in [-0.3, -0.25) is 0 Å². The molecule has 0 aliphatic rings. The van der Waals surface area contributed by atoms with Gasteiger partial charge in [0.05, 0.1) is 12.1 Å². The molecule has 0 spiro atoms. The second-order valence-electron chi connectivity index (χ2n) is 4.24. The predicted octanol–water partition coefficient (Wildman–Crippen LogP) is 3.11. The van der Waals surface area contributed by atoms with Crippen molar-refractivity contribution in [2.24, 2.45) is 5.73 Å². The van der Waals surface area contributed by atoms with Crippen LogP contribution >= 0.6 is 12.4 Å². The number of nitrogens with two attached hydrogens (primary N) is 1. The highest BCUT2D eigenvalue weighted by molar-refractivity contribution is 5.85. The Hall–Kier alpha value is -0.640. The summed E-state index contributed by atoms with van der Waals surface area (Å²) in [6.07, 6.45) is 2.02. The molecule has 0 saturated heterocycles. The van der Waals surface area contributed by atoms with Gasteiger partial charge >= 0.3 is 0 Å². The number of unbranched alkanes of at least 4 members (excludes halogenated alkanes) is 1. The van der Waals surface area contributed by atoms with E-state index in [-0.39, 0.29) is 18.2 Å². The second-order valence-corrected chi connectivity index (χ2v) is 4.24. The summed E-state index contributed by atoms with van der Waals surface area (Å²) in [4.78, 5) is 0. The van der Waals surface area contributed by atoms with Gasteiger partial charge in [0.25, 0.3) is 0 Å². The number of aliphatic hydroxyl groups excluding tert-OH is 1. The van der Waals surface area contributed by atoms with E-state index in [1.807, 2.05) is 6.92 Å². The van der Waals surface area contributed by atoms with Crippen LogP contribution in [0.15, 0.2) is 18.2 Å². The van der Waals surface area contributed by atoms with Crippen molar-refractivity contribution in [2.75, 3.05) is 0 Å². The lowest BCUT2D eigenvalue weighted by atomic mass is 9.95. The van der Waals surface area contributed by atoms with Gasteiger partial charge in [-0.25, -0.2) is 4.39 Å². The highest BCUT2D eigenvalue weighted by Crippen LogP contribution is 2.22. The first-order valence-corrected chi connectivity index (χ1v) is 5.76. The summed E-state index contributed by atoms with van der Waals surface area (Å²) < 4.78 is 13.1. The van der Waals surface area contributed by atoms with Crippen LogP contribution in [0.25, 0.3) is 0 Å². The van der Waals surface area contributed by atoms with Crippen LogP contribution in [0.1, 0.15) is 43.4 Å². The van der Waals surface area contributed by atoms with Crippen LogP contribution in [-0.2, 0) is 0 Å². The predicted molar refractivity (Wildman–Crippen MR) is 70.8 cm³/mol. The van der Waals surface area contributed by atoms with Gasteiger partial charge in [0.1, 0.15) is 5.82 Å². The Labute approximate surface area is 108 Å². The average molecular weight is 262 g/mol. The summed E-state index contributed by atoms with van der Waals surface area (Å²) in [5.74, 6) is -0.307. The summed E-state index contributed by atoms with van der Waals surface area (Å²) in [6.45, 7) is 3.94. The van der Waals surface area contributed by atoms with Crippen molar-refractivity contribution in [3.8, 4) is 0 Å². The zero-order valence-electron chi connectivity index (χ0n) is 10.3. The maximum atomic E-state index is 13.1. The van der Waals surface area contributed by atoms with Gasteiger partial charge in [-0.1, -0.05) is 25.8 Å². The molecule has 4 heteroatoms. The van der Waals surface area contributed by atoms with Crippen LogP contribution in [0, 0.1) is 12.7 Å². The van der Waals surface area contributed by atoms with E-state index in [9.17, 15) is 9.50 Å². The van der Waals surface area contributed by atoms with Gasteiger partial charge in [-0.2, -0.15) is 0 Å². The second kappa shape index (κ2) is 7.64. The van der Waals surface area contributed by atoms with Crippen LogP contribution < -0.4 is 5.73 Å². The molecule has 0 fully saturated rings. The number of hydrogen-bond acceptors (Lipinski definition) is 2. The molecular formula is C13H21ClFNO. The quantitative estimate of drug-likeness (QED) is 0.856. The molecule has 98 valence electrons. The van der Waals surface area contributed by atoms with Crippen molar-refractivity contribution < 1.29 is 9.50 Å². The van der Waals surface area contributed by atoms with Crippen LogP contribution in [0.2, 0.25) is 0 Å². The van der Waals surface area contributed by atoms with Crippen molar-refractivity contribution in [3.63, 3.8) is 0 Å². The Morgan fingerprint density at radius 1 is 1.41 bits per heavy atom. The average Bonchev–Trinajstić information content (AvgIpc) is 2.28. The van der Waals surface area contributed by atoms with Crippen molar-refractivity contribution in [3.05, 3.63) is 35.1 Å². The lowest BCUT2D eigenvalue weighted by Crippen LogP contribution is -2.26. The van der Waals surface area contributed by atoms with Crippen molar-refractivity contribution in [1.29, 1.82) is 0 Å². The van der Waals surface area contributed by atoms with Gasteiger partial charge in [0.2, 0.25) is 0 Å². The normalized spacial score (nSPS) is 13.9. The van der Waals surface area contributed by atoms with Crippen molar-refractivity contribution in [1.82, 2.24) is 0 Å². The molecule has 2 nitrogen and oxygen atoms in total. The monoisotopic (exact) mass is 261 g/mol. The topological polar surface area (TPSA) is 46.2 Å². The Morgan fingerprint density at radius 3 is 2.65 bits per heavy atom. The molecule has 0 amide bonds. The summed E-state index contributed by atoms with van der Waals surface area (Å²) in [5, 5.41) is 9.87. The van der Waals surface area contributed by atoms with E-state index in [4.69, 9.17) is 5.73 Å². The van der Waals surface area contributed by atoms with E-state index < -0.39 is 12.1 Å². The molecule has 0 unspecified atom stereocenters. The molecular weight excluding hydrogens is 241 g/mol. The van der Waals surface area contributed by atoms with Crippen LogP contribution in [-0.4, -0.2) is 11.2 Å². The Morgan fingerprint density at radius 2 is 2.06 bits per heavy atom. The third kappa shape index (κ3) is 4.62. The molecule has 0 radical (unpaired) electrons. The minimum absolute atomic E-state index is 0. The van der Waals surface area contributed by atoms with Gasteiger partial charge in [-0.15, -0.1) is 12.4 Å². The molecule has 1 aromatic carbocycles. The number of benzene rings is 1. The Bertz CT molecular complexity index is 346. The standard InChI is InChI=1S/C13H20FNO.ClH/c1-3-4-5-12(16)13(15)11-8-10(14)7-6-9(11)2;/h6-8,12-13,16H,3-5,15H2,1-2H3;1H/t12-,13+;/m1./s1. The smallest absolute Gasteiger partial charge is 0.123 e. The number of aliphatic hydroxyl groups is 1. The van der Waals surface area contributed by atoms with E-state index in [1.54, 1.807) is 6.07 Å². The zero-order valence-corrected chi connectivity index (χ0v) is 11.1. The van der Waals surface area contributed by atoms with E-state index in [1.165, 1.54) is 12.1 Å². The number of hydrogen-bond donors (Lipinski definition) is 2. The Balaban J connectivity index is 0.00000256. The summed E-state index contributed by atoms with van der Waals surface area (Å²) >= 11 is 0. The minimum atomic E-state index is -0.597. The molecule has 3 N–H and O–H groups in total. The highest BCUT2D eigenvalue weighted by atomic mass is 35.5. The molecule has 0 aromatic heterocycles. The molecule has 0 saturated carbocycles. The molecule has 0 heterocycles. The molecule has 0 aliphatic carbocycles. The first-order chi connectivity index (χ1) is 7.56. The van der Waals surface area contributed by atoms with E-state index >= 15 is 0 Å². The maximum Gasteiger partial charge on any atom is 0.123 e. The first kappa shape index (κ1) is 16.4. The van der Waals surface area contributed by atoms with Crippen molar-refractivity contribution in [2.45, 2.75) is 45.3 Å². The molecule has 0 bridgehead atoms. The maximum absolute atomic E-state index is 13.1. The van der Waals surface area contributed by atoms with E-state index in [0.717, 1.165) is 18.4 Å². The summed E-state index contributed by atoms with van der Waals surface area (Å²) in [7, 11) is 0. The first-order valence-electron chi connectivity index (χ1n) is 5.76. The fourth-order valence-electron chi connectivity index (χ4n) is 1.77. The number of rotatable bonds is 5. The molecule has 2 atom stereocenters. The molecule has 17 heavy (non-hydrogen) atoms. The fraction of sp³-hybridized carbons (Fsp3) is 0.538. The largest absolute Gasteiger partial charge is 0.391 e. The number of aryl methyl sites for hydroxylation is 1. The highest BCUT2D eigenvalue weighted by Gasteiger charge is 2.18. The van der Waals surface area contributed by atoms with E-state index in [0.29, 0.717) is 12.0 Å². The number of halogens is 2. The molecule has 0 aliphatic heterocycles. The minimum Gasteiger partial charge on any atom is -0.391 e.